The van der Waals surface area contributed by atoms with Gasteiger partial charge in [0.25, 0.3) is 0 Å². The van der Waals surface area contributed by atoms with Crippen LogP contribution in [0.15, 0.2) is 47.2 Å². The van der Waals surface area contributed by atoms with Crippen molar-refractivity contribution < 1.29 is 19.1 Å². The molecule has 0 unspecified atom stereocenters. The van der Waals surface area contributed by atoms with Gasteiger partial charge < -0.3 is 14.3 Å². The number of aromatic nitrogens is 1. The number of rotatable bonds is 3. The molecule has 0 aliphatic rings. The van der Waals surface area contributed by atoms with Crippen LogP contribution in [0.4, 0.5) is 0 Å². The summed E-state index contributed by atoms with van der Waals surface area (Å²) in [6.07, 6.45) is 3.16. The van der Waals surface area contributed by atoms with Crippen molar-refractivity contribution in [3.8, 4) is 11.6 Å². The Morgan fingerprint density at radius 1 is 1.30 bits per heavy atom. The Balaban J connectivity index is 1.97. The molecular formula is C15H11NO4. The molecule has 0 bridgehead atoms. The topological polar surface area (TPSA) is 72.6 Å². The van der Waals surface area contributed by atoms with Gasteiger partial charge in [-0.25, -0.2) is 9.78 Å². The van der Waals surface area contributed by atoms with Crippen LogP contribution in [0.5, 0.6) is 11.6 Å². The molecule has 0 saturated carbocycles. The van der Waals surface area contributed by atoms with Crippen molar-refractivity contribution in [2.75, 3.05) is 0 Å². The van der Waals surface area contributed by atoms with Gasteiger partial charge in [0.15, 0.2) is 0 Å². The quantitative estimate of drug-likeness (QED) is 0.786. The maximum atomic E-state index is 11.0. The highest BCUT2D eigenvalue weighted by Gasteiger charge is 2.10. The van der Waals surface area contributed by atoms with Crippen molar-refractivity contribution in [3.05, 3.63) is 53.9 Å². The second kappa shape index (κ2) is 4.70. The lowest BCUT2D eigenvalue weighted by atomic mass is 10.1. The molecule has 1 aromatic carbocycles. The van der Waals surface area contributed by atoms with Gasteiger partial charge in [0.2, 0.25) is 5.88 Å². The van der Waals surface area contributed by atoms with Crippen molar-refractivity contribution in [2.45, 2.75) is 6.92 Å². The Hall–Kier alpha value is -2.82. The summed E-state index contributed by atoms with van der Waals surface area (Å²) in [7, 11) is 0. The Bertz CT molecular complexity index is 791. The summed E-state index contributed by atoms with van der Waals surface area (Å²) in [5.74, 6) is 0.0107. The molecule has 0 spiro atoms. The second-order valence-corrected chi connectivity index (χ2v) is 4.33. The lowest BCUT2D eigenvalue weighted by molar-refractivity contribution is 0.0696. The summed E-state index contributed by atoms with van der Waals surface area (Å²) in [6, 6.07) is 8.32. The van der Waals surface area contributed by atoms with E-state index in [2.05, 4.69) is 4.98 Å². The zero-order valence-corrected chi connectivity index (χ0v) is 10.7. The molecule has 3 rings (SSSR count). The van der Waals surface area contributed by atoms with E-state index in [0.29, 0.717) is 22.8 Å². The summed E-state index contributed by atoms with van der Waals surface area (Å²) in [6.45, 7) is 1.72. The average Bonchev–Trinajstić information content (AvgIpc) is 2.87. The molecule has 2 aromatic heterocycles. The fourth-order valence-electron chi connectivity index (χ4n) is 2.00. The summed E-state index contributed by atoms with van der Waals surface area (Å²) < 4.78 is 11.0. The third-order valence-corrected chi connectivity index (χ3v) is 2.99. The minimum atomic E-state index is -0.955. The number of nitrogens with zero attached hydrogens (tertiary/aromatic N) is 1. The normalized spacial score (nSPS) is 10.7. The highest BCUT2D eigenvalue weighted by atomic mass is 16.5. The van der Waals surface area contributed by atoms with Crippen molar-refractivity contribution >= 4 is 16.9 Å². The van der Waals surface area contributed by atoms with Crippen molar-refractivity contribution in [3.63, 3.8) is 0 Å². The van der Waals surface area contributed by atoms with Crippen LogP contribution >= 0.6 is 0 Å². The van der Waals surface area contributed by atoms with Crippen molar-refractivity contribution in [1.29, 1.82) is 0 Å². The van der Waals surface area contributed by atoms with Gasteiger partial charge in [-0.1, -0.05) is 0 Å². The van der Waals surface area contributed by atoms with Crippen LogP contribution in [0.2, 0.25) is 0 Å². The predicted octanol–water partition coefficient (Wildman–Crippen LogP) is 3.63. The average molecular weight is 269 g/mol. The van der Waals surface area contributed by atoms with E-state index >= 15 is 0 Å². The van der Waals surface area contributed by atoms with E-state index in [9.17, 15) is 4.79 Å². The SMILES string of the molecule is Cc1cc(Oc2nccc3occc23)ccc1C(=O)O. The largest absolute Gasteiger partial charge is 0.478 e. The molecule has 0 radical (unpaired) electrons. The van der Waals surface area contributed by atoms with Crippen LogP contribution in [0, 0.1) is 6.92 Å². The first kappa shape index (κ1) is 12.2. The van der Waals surface area contributed by atoms with E-state index in [4.69, 9.17) is 14.3 Å². The van der Waals surface area contributed by atoms with E-state index in [-0.39, 0.29) is 5.56 Å². The molecule has 100 valence electrons. The summed E-state index contributed by atoms with van der Waals surface area (Å²) in [5.41, 5.74) is 1.58. The fourth-order valence-corrected chi connectivity index (χ4v) is 2.00. The van der Waals surface area contributed by atoms with Crippen LogP contribution < -0.4 is 4.74 Å². The molecule has 0 fully saturated rings. The minimum Gasteiger partial charge on any atom is -0.478 e. The van der Waals surface area contributed by atoms with Crippen LogP contribution in [-0.4, -0.2) is 16.1 Å². The minimum absolute atomic E-state index is 0.256. The predicted molar refractivity (Wildman–Crippen MR) is 72.2 cm³/mol. The molecule has 5 heteroatoms. The van der Waals surface area contributed by atoms with Crippen LogP contribution in [0.3, 0.4) is 0 Å². The molecule has 0 aliphatic heterocycles. The van der Waals surface area contributed by atoms with Crippen molar-refractivity contribution in [2.24, 2.45) is 0 Å². The molecule has 0 saturated heterocycles. The zero-order valence-electron chi connectivity index (χ0n) is 10.7. The van der Waals surface area contributed by atoms with Crippen LogP contribution in [0.1, 0.15) is 15.9 Å². The number of ether oxygens (including phenoxy) is 1. The fraction of sp³-hybridized carbons (Fsp3) is 0.0667. The molecule has 0 aliphatic carbocycles. The number of aryl methyl sites for hydroxylation is 1. The third-order valence-electron chi connectivity index (χ3n) is 2.99. The monoisotopic (exact) mass is 269 g/mol. The summed E-state index contributed by atoms with van der Waals surface area (Å²) in [4.78, 5) is 15.1. The standard InChI is InChI=1S/C15H11NO4/c1-9-8-10(2-3-11(9)15(17)18)20-14-12-5-7-19-13(12)4-6-16-14/h2-8H,1H3,(H,17,18). The Morgan fingerprint density at radius 3 is 2.90 bits per heavy atom. The molecule has 1 N–H and O–H groups in total. The third kappa shape index (κ3) is 2.09. The molecular weight excluding hydrogens is 258 g/mol. The van der Waals surface area contributed by atoms with Gasteiger partial charge in [-0.15, -0.1) is 0 Å². The smallest absolute Gasteiger partial charge is 0.335 e. The Labute approximate surface area is 114 Å². The summed E-state index contributed by atoms with van der Waals surface area (Å²) >= 11 is 0. The highest BCUT2D eigenvalue weighted by molar-refractivity contribution is 5.89. The molecule has 20 heavy (non-hydrogen) atoms. The second-order valence-electron chi connectivity index (χ2n) is 4.33. The number of carboxylic acids is 1. The van der Waals surface area contributed by atoms with E-state index in [1.165, 1.54) is 6.07 Å². The van der Waals surface area contributed by atoms with Gasteiger partial charge in [-0.05, 0) is 42.8 Å². The molecule has 2 heterocycles. The maximum Gasteiger partial charge on any atom is 0.335 e. The van der Waals surface area contributed by atoms with Gasteiger partial charge in [-0.2, -0.15) is 0 Å². The number of fused-ring (bicyclic) bond motifs is 1. The van der Waals surface area contributed by atoms with Crippen molar-refractivity contribution in [1.82, 2.24) is 4.98 Å². The number of hydrogen-bond donors (Lipinski definition) is 1. The van der Waals surface area contributed by atoms with Gasteiger partial charge in [0, 0.05) is 6.20 Å². The molecule has 0 amide bonds. The van der Waals surface area contributed by atoms with Gasteiger partial charge in [0.1, 0.15) is 11.3 Å². The summed E-state index contributed by atoms with van der Waals surface area (Å²) in [5, 5.41) is 9.77. The van der Waals surface area contributed by atoms with Gasteiger partial charge in [-0.3, -0.25) is 0 Å². The zero-order chi connectivity index (χ0) is 14.1. The lowest BCUT2D eigenvalue weighted by Gasteiger charge is -2.07. The van der Waals surface area contributed by atoms with Gasteiger partial charge in [0.05, 0.1) is 17.2 Å². The number of carboxylic acid groups (broad SMARTS) is 1. The maximum absolute atomic E-state index is 11.0. The molecule has 3 aromatic rings. The molecule has 5 nitrogen and oxygen atoms in total. The highest BCUT2D eigenvalue weighted by Crippen LogP contribution is 2.29. The number of pyridine rings is 1. The van der Waals surface area contributed by atoms with E-state index < -0.39 is 5.97 Å². The van der Waals surface area contributed by atoms with Gasteiger partial charge >= 0.3 is 5.97 Å². The van der Waals surface area contributed by atoms with E-state index in [0.717, 1.165) is 5.39 Å². The Morgan fingerprint density at radius 2 is 2.15 bits per heavy atom. The number of benzene rings is 1. The Kier molecular flexibility index (Phi) is 2.87. The number of hydrogen-bond acceptors (Lipinski definition) is 4. The van der Waals surface area contributed by atoms with E-state index in [1.807, 2.05) is 0 Å². The van der Waals surface area contributed by atoms with Crippen LogP contribution in [-0.2, 0) is 0 Å². The number of furan rings is 1. The first-order valence-electron chi connectivity index (χ1n) is 5.99. The first-order valence-corrected chi connectivity index (χ1v) is 5.99. The first-order chi connectivity index (χ1) is 9.65. The number of carbonyl (C=O) groups is 1. The molecule has 0 atom stereocenters. The lowest BCUT2D eigenvalue weighted by Crippen LogP contribution is -1.99. The van der Waals surface area contributed by atoms with E-state index in [1.54, 1.807) is 43.6 Å². The number of aromatic carboxylic acids is 1. The van der Waals surface area contributed by atoms with Crippen LogP contribution in [0.25, 0.3) is 11.0 Å².